The number of nitrogens with one attached hydrogen (secondary N) is 1. The molecule has 152 valence electrons. The van der Waals surface area contributed by atoms with Crippen molar-refractivity contribution in [2.75, 3.05) is 38.0 Å². The molecule has 3 rings (SSSR count). The van der Waals surface area contributed by atoms with Gasteiger partial charge in [0.25, 0.3) is 0 Å². The number of carbonyl (C=O) groups is 2. The third kappa shape index (κ3) is 5.78. The number of nitrogens with zero attached hydrogens (tertiary/aromatic N) is 2. The Morgan fingerprint density at radius 1 is 1.03 bits per heavy atom. The van der Waals surface area contributed by atoms with Crippen LogP contribution >= 0.6 is 15.9 Å². The zero-order chi connectivity index (χ0) is 20.8. The van der Waals surface area contributed by atoms with E-state index in [9.17, 15) is 9.59 Å². The van der Waals surface area contributed by atoms with Gasteiger partial charge in [0.1, 0.15) is 0 Å². The third-order valence-electron chi connectivity index (χ3n) is 5.24. The van der Waals surface area contributed by atoms with Crippen molar-refractivity contribution < 1.29 is 9.59 Å². The third-order valence-corrected chi connectivity index (χ3v) is 5.96. The van der Waals surface area contributed by atoms with E-state index in [1.54, 1.807) is 6.08 Å². The molecule has 0 radical (unpaired) electrons. The SMILES string of the molecule is Cc1cccc(NC(=O)CN2CCN(C(=O)C=Cc3ccccc3Br)CC2)c1C. The van der Waals surface area contributed by atoms with Crippen molar-refractivity contribution in [3.05, 3.63) is 69.7 Å². The summed E-state index contributed by atoms with van der Waals surface area (Å²) in [6.07, 6.45) is 3.44. The minimum atomic E-state index is -0.0210. The Bertz CT molecular complexity index is 918. The molecule has 0 bridgehead atoms. The molecule has 0 atom stereocenters. The summed E-state index contributed by atoms with van der Waals surface area (Å²) in [5.74, 6) is -0.0208. The zero-order valence-corrected chi connectivity index (χ0v) is 18.4. The second-order valence-electron chi connectivity index (χ2n) is 7.25. The van der Waals surface area contributed by atoms with Crippen LogP contribution in [-0.4, -0.2) is 54.3 Å². The van der Waals surface area contributed by atoms with Crippen LogP contribution in [0.4, 0.5) is 5.69 Å². The second kappa shape index (κ2) is 9.85. The van der Waals surface area contributed by atoms with Crippen molar-refractivity contribution in [3.8, 4) is 0 Å². The number of anilines is 1. The highest BCUT2D eigenvalue weighted by Gasteiger charge is 2.21. The van der Waals surface area contributed by atoms with Gasteiger partial charge in [-0.15, -0.1) is 0 Å². The Kier molecular flexibility index (Phi) is 7.23. The van der Waals surface area contributed by atoms with E-state index in [0.29, 0.717) is 32.7 Å². The zero-order valence-electron chi connectivity index (χ0n) is 16.8. The summed E-state index contributed by atoms with van der Waals surface area (Å²) in [7, 11) is 0. The molecule has 0 unspecified atom stereocenters. The largest absolute Gasteiger partial charge is 0.337 e. The van der Waals surface area contributed by atoms with Crippen LogP contribution in [0, 0.1) is 13.8 Å². The van der Waals surface area contributed by atoms with E-state index in [-0.39, 0.29) is 11.8 Å². The number of rotatable bonds is 5. The molecule has 1 fully saturated rings. The first kappa shape index (κ1) is 21.3. The second-order valence-corrected chi connectivity index (χ2v) is 8.11. The van der Waals surface area contributed by atoms with Gasteiger partial charge in [-0.05, 0) is 48.7 Å². The number of carbonyl (C=O) groups excluding carboxylic acids is 2. The molecule has 2 aromatic carbocycles. The molecule has 29 heavy (non-hydrogen) atoms. The smallest absolute Gasteiger partial charge is 0.246 e. The summed E-state index contributed by atoms with van der Waals surface area (Å²) in [4.78, 5) is 28.8. The molecule has 1 saturated heterocycles. The Labute approximate surface area is 180 Å². The molecule has 0 saturated carbocycles. The monoisotopic (exact) mass is 455 g/mol. The topological polar surface area (TPSA) is 52.7 Å². The summed E-state index contributed by atoms with van der Waals surface area (Å²) < 4.78 is 0.962. The fourth-order valence-electron chi connectivity index (χ4n) is 3.28. The first-order valence-electron chi connectivity index (χ1n) is 9.74. The van der Waals surface area contributed by atoms with Crippen LogP contribution in [0.25, 0.3) is 6.08 Å². The van der Waals surface area contributed by atoms with Crippen molar-refractivity contribution in [2.45, 2.75) is 13.8 Å². The van der Waals surface area contributed by atoms with E-state index in [4.69, 9.17) is 0 Å². The maximum absolute atomic E-state index is 12.4. The number of halogens is 1. The van der Waals surface area contributed by atoms with Crippen molar-refractivity contribution in [3.63, 3.8) is 0 Å². The van der Waals surface area contributed by atoms with E-state index < -0.39 is 0 Å². The van der Waals surface area contributed by atoms with Crippen molar-refractivity contribution >= 4 is 39.5 Å². The first-order valence-corrected chi connectivity index (χ1v) is 10.5. The number of aryl methyl sites for hydroxylation is 1. The van der Waals surface area contributed by atoms with Crippen molar-refractivity contribution in [1.29, 1.82) is 0 Å². The van der Waals surface area contributed by atoms with Crippen LogP contribution in [0.2, 0.25) is 0 Å². The van der Waals surface area contributed by atoms with E-state index in [2.05, 4.69) is 26.1 Å². The van der Waals surface area contributed by atoms with Gasteiger partial charge in [-0.2, -0.15) is 0 Å². The molecule has 1 N–H and O–H groups in total. The van der Waals surface area contributed by atoms with Gasteiger partial charge in [-0.25, -0.2) is 0 Å². The van der Waals surface area contributed by atoms with Gasteiger partial charge in [-0.1, -0.05) is 46.3 Å². The van der Waals surface area contributed by atoms with Gasteiger partial charge >= 0.3 is 0 Å². The molecular weight excluding hydrogens is 430 g/mol. The Hall–Kier alpha value is -2.44. The highest BCUT2D eigenvalue weighted by atomic mass is 79.9. The van der Waals surface area contributed by atoms with E-state index in [1.807, 2.05) is 67.3 Å². The number of amides is 2. The molecular formula is C23H26BrN3O2. The van der Waals surface area contributed by atoms with Crippen LogP contribution in [-0.2, 0) is 9.59 Å². The van der Waals surface area contributed by atoms with Crippen molar-refractivity contribution in [1.82, 2.24) is 9.80 Å². The molecule has 0 aliphatic carbocycles. The minimum Gasteiger partial charge on any atom is -0.337 e. The predicted molar refractivity (Wildman–Crippen MR) is 121 cm³/mol. The maximum atomic E-state index is 12.4. The summed E-state index contributed by atoms with van der Waals surface area (Å²) in [5.41, 5.74) is 4.09. The number of hydrogen-bond donors (Lipinski definition) is 1. The highest BCUT2D eigenvalue weighted by Crippen LogP contribution is 2.18. The Morgan fingerprint density at radius 2 is 1.76 bits per heavy atom. The molecule has 0 spiro atoms. The van der Waals surface area contributed by atoms with Crippen LogP contribution in [0.3, 0.4) is 0 Å². The molecule has 1 aliphatic rings. The standard InChI is InChI=1S/C23H26BrN3O2/c1-17-6-5-9-21(18(17)2)25-22(28)16-26-12-14-27(15-13-26)23(29)11-10-19-7-3-4-8-20(19)24/h3-11H,12-16H2,1-2H3,(H,25,28). The maximum Gasteiger partial charge on any atom is 0.246 e. The lowest BCUT2D eigenvalue weighted by Crippen LogP contribution is -2.50. The van der Waals surface area contributed by atoms with Gasteiger partial charge < -0.3 is 10.2 Å². The Morgan fingerprint density at radius 3 is 2.48 bits per heavy atom. The van der Waals surface area contributed by atoms with Gasteiger partial charge in [-0.3, -0.25) is 14.5 Å². The van der Waals surface area contributed by atoms with Gasteiger partial charge in [0.15, 0.2) is 0 Å². The van der Waals surface area contributed by atoms with E-state index in [0.717, 1.165) is 26.9 Å². The fraction of sp³-hybridized carbons (Fsp3) is 0.304. The first-order chi connectivity index (χ1) is 13.9. The molecule has 0 aromatic heterocycles. The summed E-state index contributed by atoms with van der Waals surface area (Å²) >= 11 is 3.48. The molecule has 1 heterocycles. The predicted octanol–water partition coefficient (Wildman–Crippen LogP) is 3.86. The molecule has 2 aromatic rings. The lowest BCUT2D eigenvalue weighted by atomic mass is 10.1. The molecule has 1 aliphatic heterocycles. The number of piperazine rings is 1. The number of hydrogen-bond acceptors (Lipinski definition) is 3. The van der Waals surface area contributed by atoms with Gasteiger partial charge in [0, 0.05) is 42.4 Å². The highest BCUT2D eigenvalue weighted by molar-refractivity contribution is 9.10. The summed E-state index contributed by atoms with van der Waals surface area (Å²) in [6.45, 7) is 7.00. The van der Waals surface area contributed by atoms with Crippen LogP contribution in [0.1, 0.15) is 16.7 Å². The normalized spacial score (nSPS) is 14.9. The molecule has 2 amide bonds. The lowest BCUT2D eigenvalue weighted by molar-refractivity contribution is -0.127. The average Bonchev–Trinajstić information content (AvgIpc) is 2.71. The average molecular weight is 456 g/mol. The van der Waals surface area contributed by atoms with Crippen LogP contribution in [0.15, 0.2) is 53.0 Å². The fourth-order valence-corrected chi connectivity index (χ4v) is 3.70. The van der Waals surface area contributed by atoms with Crippen LogP contribution in [0.5, 0.6) is 0 Å². The summed E-state index contributed by atoms with van der Waals surface area (Å²) in [5, 5.41) is 3.00. The molecule has 5 nitrogen and oxygen atoms in total. The van der Waals surface area contributed by atoms with E-state index >= 15 is 0 Å². The summed E-state index contributed by atoms with van der Waals surface area (Å²) in [6, 6.07) is 13.7. The molecule has 6 heteroatoms. The van der Waals surface area contributed by atoms with Gasteiger partial charge in [0.05, 0.1) is 6.54 Å². The quantitative estimate of drug-likeness (QED) is 0.696. The minimum absolute atomic E-state index is 0.000222. The Balaban J connectivity index is 1.47. The van der Waals surface area contributed by atoms with Crippen molar-refractivity contribution in [2.24, 2.45) is 0 Å². The number of benzene rings is 2. The van der Waals surface area contributed by atoms with Crippen LogP contribution < -0.4 is 5.32 Å². The van der Waals surface area contributed by atoms with Gasteiger partial charge in [0.2, 0.25) is 11.8 Å². The lowest BCUT2D eigenvalue weighted by Gasteiger charge is -2.33. The van der Waals surface area contributed by atoms with E-state index in [1.165, 1.54) is 0 Å².